The fourth-order valence-electron chi connectivity index (χ4n) is 4.07. The molecule has 2 aromatic rings. The number of esters is 1. The molecule has 1 saturated carbocycles. The number of rotatable bonds is 8. The SMILES string of the molecule is O=C(COC(=O)c1cn(C2CC2)c2cc(N3CCNCC3)c(F)cc2c1=O)NC(P(=O)(O)O)P(=O)(O)O. The standard InChI is InChI=1S/C20H25FN4O10P2/c21-14-7-12-15(8-16(14)24-5-3-22-4-6-24)25(11-1-2-11)9-13(18(12)27)19(28)35-10-17(26)23-20(36(29,30)31)37(32,33)34/h7-9,11,20,22H,1-6,10H2,(H,23,26)(H2,29,30,31)(H2,32,33,34). The van der Waals surface area contributed by atoms with Crippen LogP contribution in [0, 0.1) is 5.82 Å². The van der Waals surface area contributed by atoms with Crippen molar-refractivity contribution >= 4 is 43.7 Å². The number of hydrogen-bond donors (Lipinski definition) is 6. The van der Waals surface area contributed by atoms with Crippen LogP contribution >= 0.6 is 15.2 Å². The highest BCUT2D eigenvalue weighted by atomic mass is 31.2. The second kappa shape index (κ2) is 10.3. The molecule has 1 aliphatic heterocycles. The fourth-order valence-corrected chi connectivity index (χ4v) is 6.26. The minimum Gasteiger partial charge on any atom is -0.452 e. The van der Waals surface area contributed by atoms with Crippen molar-refractivity contribution in [3.8, 4) is 0 Å². The van der Waals surface area contributed by atoms with Gasteiger partial charge in [-0.3, -0.25) is 18.7 Å². The van der Waals surface area contributed by atoms with Crippen LogP contribution in [0.3, 0.4) is 0 Å². The normalized spacial score (nSPS) is 16.8. The number of anilines is 1. The van der Waals surface area contributed by atoms with Gasteiger partial charge in [0.25, 0.3) is 5.91 Å². The quantitative estimate of drug-likeness (QED) is 0.183. The Balaban J connectivity index is 1.60. The van der Waals surface area contributed by atoms with E-state index >= 15 is 4.39 Å². The van der Waals surface area contributed by atoms with Crippen molar-refractivity contribution in [2.24, 2.45) is 0 Å². The minimum atomic E-state index is -5.45. The van der Waals surface area contributed by atoms with E-state index < -0.39 is 56.0 Å². The van der Waals surface area contributed by atoms with Crippen molar-refractivity contribution in [1.29, 1.82) is 0 Å². The summed E-state index contributed by atoms with van der Waals surface area (Å²) in [6.45, 7) is 1.32. The van der Waals surface area contributed by atoms with Crippen LogP contribution < -0.4 is 21.0 Å². The highest BCUT2D eigenvalue weighted by Crippen LogP contribution is 2.58. The van der Waals surface area contributed by atoms with E-state index in [-0.39, 0.29) is 11.4 Å². The maximum Gasteiger partial charge on any atom is 0.360 e. The predicted octanol–water partition coefficient (Wildman–Crippen LogP) is -0.203. The predicted molar refractivity (Wildman–Crippen MR) is 128 cm³/mol. The van der Waals surface area contributed by atoms with E-state index in [0.717, 1.165) is 18.9 Å². The van der Waals surface area contributed by atoms with Crippen molar-refractivity contribution in [3.05, 3.63) is 39.9 Å². The number of carbonyl (C=O) groups excluding carboxylic acids is 2. The topological polar surface area (TPSA) is 208 Å². The Labute approximate surface area is 208 Å². The average Bonchev–Trinajstić information content (AvgIpc) is 3.66. The van der Waals surface area contributed by atoms with Crippen molar-refractivity contribution in [3.63, 3.8) is 0 Å². The van der Waals surface area contributed by atoms with Crippen LogP contribution in [0.5, 0.6) is 0 Å². The lowest BCUT2D eigenvalue weighted by Gasteiger charge is -2.30. The van der Waals surface area contributed by atoms with Crippen LogP contribution in [-0.2, 0) is 18.7 Å². The highest BCUT2D eigenvalue weighted by molar-refractivity contribution is 7.70. The molecule has 1 aliphatic carbocycles. The van der Waals surface area contributed by atoms with Gasteiger partial charge in [0.2, 0.25) is 11.0 Å². The molecule has 1 aromatic heterocycles. The molecule has 14 nitrogen and oxygen atoms in total. The minimum absolute atomic E-state index is 0.0356. The van der Waals surface area contributed by atoms with Gasteiger partial charge in [-0.25, -0.2) is 9.18 Å². The van der Waals surface area contributed by atoms with Gasteiger partial charge in [0.05, 0.1) is 11.2 Å². The van der Waals surface area contributed by atoms with Crippen LogP contribution in [0.25, 0.3) is 10.9 Å². The van der Waals surface area contributed by atoms with Crippen LogP contribution in [0.1, 0.15) is 29.2 Å². The first-order valence-corrected chi connectivity index (χ1v) is 14.5. The van der Waals surface area contributed by atoms with Gasteiger partial charge in [-0.15, -0.1) is 0 Å². The summed E-state index contributed by atoms with van der Waals surface area (Å²) in [7, 11) is -10.9. The van der Waals surface area contributed by atoms with E-state index in [0.29, 0.717) is 37.4 Å². The van der Waals surface area contributed by atoms with Crippen molar-refractivity contribution in [1.82, 2.24) is 15.2 Å². The molecular formula is C20H25FN4O10P2. The van der Waals surface area contributed by atoms with Gasteiger partial charge in [-0.1, -0.05) is 0 Å². The first kappa shape index (κ1) is 27.4. The first-order valence-electron chi connectivity index (χ1n) is 11.2. The Morgan fingerprint density at radius 1 is 1.14 bits per heavy atom. The maximum absolute atomic E-state index is 15.0. The van der Waals surface area contributed by atoms with Crippen LogP contribution in [0.15, 0.2) is 23.1 Å². The smallest absolute Gasteiger partial charge is 0.360 e. The largest absolute Gasteiger partial charge is 0.452 e. The Bertz CT molecular complexity index is 1370. The first-order chi connectivity index (χ1) is 17.3. The molecule has 0 unspecified atom stereocenters. The van der Waals surface area contributed by atoms with E-state index in [4.69, 9.17) is 24.3 Å². The zero-order valence-corrected chi connectivity index (χ0v) is 21.0. The third-order valence-corrected chi connectivity index (χ3v) is 9.32. The van der Waals surface area contributed by atoms with Gasteiger partial charge in [-0.05, 0) is 25.0 Å². The fraction of sp³-hybridized carbons (Fsp3) is 0.450. The van der Waals surface area contributed by atoms with E-state index in [9.17, 15) is 23.5 Å². The molecule has 6 N–H and O–H groups in total. The summed E-state index contributed by atoms with van der Waals surface area (Å²) in [5.41, 5.74) is -3.40. The number of nitrogens with zero attached hydrogens (tertiary/aromatic N) is 2. The summed E-state index contributed by atoms with van der Waals surface area (Å²) >= 11 is 0. The Morgan fingerprint density at radius 3 is 2.32 bits per heavy atom. The zero-order valence-electron chi connectivity index (χ0n) is 19.2. The summed E-state index contributed by atoms with van der Waals surface area (Å²) in [5.74, 6) is -3.33. The lowest BCUT2D eigenvalue weighted by molar-refractivity contribution is -0.124. The van der Waals surface area contributed by atoms with E-state index in [1.165, 1.54) is 11.5 Å². The Kier molecular flexibility index (Phi) is 7.59. The van der Waals surface area contributed by atoms with E-state index in [1.807, 2.05) is 4.90 Å². The number of fused-ring (bicyclic) bond motifs is 1. The summed E-state index contributed by atoms with van der Waals surface area (Å²) in [6, 6.07) is 2.59. The number of aromatic nitrogens is 1. The number of benzene rings is 1. The molecule has 1 amide bonds. The molecule has 0 atom stereocenters. The maximum atomic E-state index is 15.0. The lowest BCUT2D eigenvalue weighted by atomic mass is 10.1. The Morgan fingerprint density at radius 2 is 1.76 bits per heavy atom. The summed E-state index contributed by atoms with van der Waals surface area (Å²) in [4.78, 5) is 75.9. The molecule has 0 spiro atoms. The average molecular weight is 562 g/mol. The van der Waals surface area contributed by atoms with Crippen molar-refractivity contribution in [2.45, 2.75) is 24.4 Å². The number of hydrogen-bond acceptors (Lipinski definition) is 8. The van der Waals surface area contributed by atoms with Crippen molar-refractivity contribution in [2.75, 3.05) is 37.7 Å². The number of carbonyl (C=O) groups is 2. The Hall–Kier alpha value is -2.64. The molecule has 17 heteroatoms. The molecule has 2 aliphatic rings. The van der Waals surface area contributed by atoms with Gasteiger partial charge >= 0.3 is 21.2 Å². The molecule has 1 saturated heterocycles. The number of nitrogens with one attached hydrogen (secondary N) is 2. The summed E-state index contributed by atoms with van der Waals surface area (Å²) < 4.78 is 44.1. The van der Waals surface area contributed by atoms with E-state index in [2.05, 4.69) is 5.32 Å². The molecule has 37 heavy (non-hydrogen) atoms. The summed E-state index contributed by atoms with van der Waals surface area (Å²) in [5, 5.41) is 4.56. The molecular weight excluding hydrogens is 537 g/mol. The molecule has 0 radical (unpaired) electrons. The van der Waals surface area contributed by atoms with E-state index in [1.54, 1.807) is 10.6 Å². The molecule has 0 bridgehead atoms. The number of pyridine rings is 1. The van der Waals surface area contributed by atoms with Crippen LogP contribution in [-0.4, -0.2) is 74.3 Å². The van der Waals surface area contributed by atoms with Gasteiger partial charge in [-0.2, -0.15) is 0 Å². The second-order valence-corrected chi connectivity index (χ2v) is 12.6. The molecule has 2 heterocycles. The van der Waals surface area contributed by atoms with Gasteiger partial charge in [0.1, 0.15) is 11.4 Å². The van der Waals surface area contributed by atoms with Gasteiger partial charge in [0.15, 0.2) is 6.61 Å². The number of piperazine rings is 1. The monoisotopic (exact) mass is 562 g/mol. The third-order valence-electron chi connectivity index (χ3n) is 5.98. The summed E-state index contributed by atoms with van der Waals surface area (Å²) in [6.07, 6.45) is 2.79. The third kappa shape index (κ3) is 6.10. The lowest BCUT2D eigenvalue weighted by Crippen LogP contribution is -2.43. The number of halogens is 1. The molecule has 2 fully saturated rings. The zero-order chi connectivity index (χ0) is 27.1. The molecule has 1 aromatic carbocycles. The van der Waals surface area contributed by atoms with Crippen molar-refractivity contribution < 1.29 is 47.4 Å². The number of ether oxygens (including phenoxy) is 1. The second-order valence-electron chi connectivity index (χ2n) is 8.76. The number of amides is 1. The van der Waals surface area contributed by atoms with Gasteiger partial charge in [0, 0.05) is 43.8 Å². The molecule has 202 valence electrons. The van der Waals surface area contributed by atoms with Gasteiger partial charge < -0.3 is 44.4 Å². The molecule has 4 rings (SSSR count). The highest BCUT2D eigenvalue weighted by Gasteiger charge is 2.44. The van der Waals surface area contributed by atoms with Crippen LogP contribution in [0.2, 0.25) is 0 Å². The van der Waals surface area contributed by atoms with Crippen LogP contribution in [0.4, 0.5) is 10.1 Å².